The minimum atomic E-state index is -0.217. The van der Waals surface area contributed by atoms with Gasteiger partial charge in [0, 0.05) is 5.41 Å². The Morgan fingerprint density at radius 3 is 2.16 bits per heavy atom. The van der Waals surface area contributed by atoms with Crippen molar-refractivity contribution in [2.45, 2.75) is 87.0 Å². The summed E-state index contributed by atoms with van der Waals surface area (Å²) in [6.45, 7) is 23.3. The predicted octanol–water partition coefficient (Wildman–Crippen LogP) is 7.54. The van der Waals surface area contributed by atoms with Crippen LogP contribution >= 0.6 is 0 Å². The van der Waals surface area contributed by atoms with Crippen LogP contribution in [0.15, 0.2) is 36.5 Å². The molecule has 144 valence electrons. The third kappa shape index (κ3) is 6.96. The summed E-state index contributed by atoms with van der Waals surface area (Å²) in [5.74, 6) is 1.85. The van der Waals surface area contributed by atoms with Gasteiger partial charge >= 0.3 is 0 Å². The van der Waals surface area contributed by atoms with Crippen LogP contribution in [0, 0.1) is 23.2 Å². The van der Waals surface area contributed by atoms with E-state index in [1.165, 1.54) is 30.4 Å². The molecule has 0 spiro atoms. The van der Waals surface area contributed by atoms with Crippen LogP contribution in [0.1, 0.15) is 87.0 Å². The van der Waals surface area contributed by atoms with Gasteiger partial charge in [-0.15, -0.1) is 0 Å². The number of rotatable bonds is 13. The van der Waals surface area contributed by atoms with E-state index in [0.717, 1.165) is 19.3 Å². The third-order valence-corrected chi connectivity index (χ3v) is 6.19. The van der Waals surface area contributed by atoms with Gasteiger partial charge in [-0.05, 0) is 55.6 Å². The molecule has 25 heavy (non-hydrogen) atoms. The Hall–Kier alpha value is -1.11. The van der Waals surface area contributed by atoms with E-state index in [1.54, 1.807) is 6.92 Å². The molecule has 4 unspecified atom stereocenters. The summed E-state index contributed by atoms with van der Waals surface area (Å²) < 4.78 is 0. The molecule has 4 atom stereocenters. The first kappa shape index (κ1) is 23.9. The third-order valence-electron chi connectivity index (χ3n) is 6.19. The van der Waals surface area contributed by atoms with Gasteiger partial charge in [-0.1, -0.05) is 85.6 Å². The molecular weight excluding hydrogens is 304 g/mol. The number of ketones is 1. The Morgan fingerprint density at radius 2 is 1.76 bits per heavy atom. The van der Waals surface area contributed by atoms with Gasteiger partial charge < -0.3 is 0 Å². The smallest absolute Gasteiger partial charge is 0.135 e. The summed E-state index contributed by atoms with van der Waals surface area (Å²) in [6.07, 6.45) is 10.5. The van der Waals surface area contributed by atoms with Gasteiger partial charge in [-0.2, -0.15) is 0 Å². The number of hydrogen-bond acceptors (Lipinski definition) is 1. The fourth-order valence-corrected chi connectivity index (χ4v) is 4.24. The molecule has 0 aliphatic rings. The van der Waals surface area contributed by atoms with Crippen molar-refractivity contribution < 1.29 is 4.79 Å². The lowest BCUT2D eigenvalue weighted by Crippen LogP contribution is -2.34. The highest BCUT2D eigenvalue weighted by Crippen LogP contribution is 2.43. The van der Waals surface area contributed by atoms with Crippen LogP contribution in [0.3, 0.4) is 0 Å². The van der Waals surface area contributed by atoms with Gasteiger partial charge in [-0.25, -0.2) is 0 Å². The van der Waals surface area contributed by atoms with Crippen molar-refractivity contribution in [1.82, 2.24) is 0 Å². The molecule has 0 aliphatic carbocycles. The van der Waals surface area contributed by atoms with Gasteiger partial charge in [0.15, 0.2) is 0 Å². The number of Topliss-reactive ketones (excluding diaryl/α,β-unsaturated/α-hetero) is 1. The fraction of sp³-hybridized carbons (Fsp3) is 0.708. The highest BCUT2D eigenvalue weighted by Gasteiger charge is 2.37. The van der Waals surface area contributed by atoms with Crippen molar-refractivity contribution in [3.63, 3.8) is 0 Å². The van der Waals surface area contributed by atoms with E-state index < -0.39 is 0 Å². The lowest BCUT2D eigenvalue weighted by molar-refractivity contribution is -0.127. The molecule has 1 nitrogen and oxygen atoms in total. The van der Waals surface area contributed by atoms with E-state index >= 15 is 0 Å². The van der Waals surface area contributed by atoms with E-state index in [-0.39, 0.29) is 5.41 Å². The number of hydrogen-bond donors (Lipinski definition) is 0. The van der Waals surface area contributed by atoms with Crippen LogP contribution in [-0.2, 0) is 4.79 Å². The molecule has 0 aliphatic heterocycles. The first-order valence-corrected chi connectivity index (χ1v) is 10.2. The van der Waals surface area contributed by atoms with Gasteiger partial charge in [0.05, 0.1) is 0 Å². The molecule has 0 N–H and O–H groups in total. The Balaban J connectivity index is 5.76. The summed E-state index contributed by atoms with van der Waals surface area (Å²) in [5, 5.41) is 0. The molecule has 0 aromatic carbocycles. The van der Waals surface area contributed by atoms with E-state index in [9.17, 15) is 4.79 Å². The predicted molar refractivity (Wildman–Crippen MR) is 113 cm³/mol. The summed E-state index contributed by atoms with van der Waals surface area (Å²) in [5.41, 5.74) is 2.19. The normalized spacial score (nSPS) is 18.1. The Morgan fingerprint density at radius 1 is 1.16 bits per heavy atom. The summed E-state index contributed by atoms with van der Waals surface area (Å²) in [6, 6.07) is 0. The first-order chi connectivity index (χ1) is 11.7. The van der Waals surface area contributed by atoms with Crippen molar-refractivity contribution in [2.75, 3.05) is 0 Å². The molecule has 0 fully saturated rings. The summed E-state index contributed by atoms with van der Waals surface area (Å²) in [7, 11) is 0. The van der Waals surface area contributed by atoms with Crippen LogP contribution in [-0.4, -0.2) is 5.78 Å². The SMILES string of the molecule is C=CC=C(C)C(=C)C(C)C(CC(C)(CCC)C(C)=O)C(CC)CCC. The lowest BCUT2D eigenvalue weighted by atomic mass is 9.65. The molecule has 0 amide bonds. The molecule has 0 saturated carbocycles. The Kier molecular flexibility index (Phi) is 11.0. The lowest BCUT2D eigenvalue weighted by Gasteiger charge is -2.39. The van der Waals surface area contributed by atoms with Crippen molar-refractivity contribution in [3.8, 4) is 0 Å². The number of carbonyl (C=O) groups is 1. The van der Waals surface area contributed by atoms with Gasteiger partial charge in [0.2, 0.25) is 0 Å². The summed E-state index contributed by atoms with van der Waals surface area (Å²) in [4.78, 5) is 12.4. The quantitative estimate of drug-likeness (QED) is 0.315. The van der Waals surface area contributed by atoms with Crippen molar-refractivity contribution in [3.05, 3.63) is 36.5 Å². The summed E-state index contributed by atoms with van der Waals surface area (Å²) >= 11 is 0. The van der Waals surface area contributed by atoms with E-state index in [2.05, 4.69) is 54.7 Å². The van der Waals surface area contributed by atoms with Crippen molar-refractivity contribution in [1.29, 1.82) is 0 Å². The average Bonchev–Trinajstić information content (AvgIpc) is 2.56. The van der Waals surface area contributed by atoms with Gasteiger partial charge in [-0.3, -0.25) is 4.79 Å². The highest BCUT2D eigenvalue weighted by atomic mass is 16.1. The first-order valence-electron chi connectivity index (χ1n) is 10.2. The molecule has 0 heterocycles. The van der Waals surface area contributed by atoms with E-state index in [4.69, 9.17) is 0 Å². The van der Waals surface area contributed by atoms with E-state index in [0.29, 0.717) is 23.5 Å². The molecule has 0 aromatic rings. The Bertz CT molecular complexity index is 470. The van der Waals surface area contributed by atoms with Crippen LogP contribution in [0.2, 0.25) is 0 Å². The number of carbonyl (C=O) groups excluding carboxylic acids is 1. The standard InChI is InChI=1S/C24H42O/c1-10-14-18(5)19(6)20(7)23(22(13-4)15-11-2)17-24(9,16-12-3)21(8)25/h10,14,20,22-23H,1,6,11-13,15-17H2,2-5,7-9H3. The minimum absolute atomic E-state index is 0.217. The molecule has 1 heteroatoms. The Labute approximate surface area is 157 Å². The van der Waals surface area contributed by atoms with Crippen molar-refractivity contribution in [2.24, 2.45) is 23.2 Å². The molecule has 0 rings (SSSR count). The van der Waals surface area contributed by atoms with Crippen molar-refractivity contribution >= 4 is 5.78 Å². The minimum Gasteiger partial charge on any atom is -0.299 e. The zero-order valence-electron chi connectivity index (χ0n) is 18.0. The molecule has 0 aromatic heterocycles. The van der Waals surface area contributed by atoms with Crippen LogP contribution in [0.25, 0.3) is 0 Å². The zero-order valence-corrected chi connectivity index (χ0v) is 18.0. The largest absolute Gasteiger partial charge is 0.299 e. The molecular formula is C24H42O. The average molecular weight is 347 g/mol. The van der Waals surface area contributed by atoms with Crippen LogP contribution < -0.4 is 0 Å². The maximum atomic E-state index is 12.4. The monoisotopic (exact) mass is 346 g/mol. The highest BCUT2D eigenvalue weighted by molar-refractivity contribution is 5.81. The second kappa shape index (κ2) is 11.5. The fourth-order valence-electron chi connectivity index (χ4n) is 4.24. The maximum Gasteiger partial charge on any atom is 0.135 e. The van der Waals surface area contributed by atoms with Crippen LogP contribution in [0.5, 0.6) is 0 Å². The van der Waals surface area contributed by atoms with E-state index in [1.807, 2.05) is 12.2 Å². The van der Waals surface area contributed by atoms with Gasteiger partial charge in [0.1, 0.15) is 5.78 Å². The second-order valence-electron chi connectivity index (χ2n) is 8.09. The molecule has 0 bridgehead atoms. The second-order valence-corrected chi connectivity index (χ2v) is 8.09. The molecule has 0 radical (unpaired) electrons. The van der Waals surface area contributed by atoms with Gasteiger partial charge in [0.25, 0.3) is 0 Å². The van der Waals surface area contributed by atoms with Crippen LogP contribution in [0.4, 0.5) is 0 Å². The molecule has 0 saturated heterocycles. The topological polar surface area (TPSA) is 17.1 Å². The zero-order chi connectivity index (χ0) is 19.6. The number of allylic oxidation sites excluding steroid dienone is 4. The maximum absolute atomic E-state index is 12.4.